The maximum Gasteiger partial charge on any atom is 0.416 e. The average molecular weight is 381 g/mol. The van der Waals surface area contributed by atoms with E-state index in [0.29, 0.717) is 5.69 Å². The lowest BCUT2D eigenvalue weighted by Gasteiger charge is -2.37. The van der Waals surface area contributed by atoms with E-state index < -0.39 is 22.6 Å². The molecule has 8 heteroatoms. The minimum Gasteiger partial charge on any atom is -0.376 e. The first-order chi connectivity index (χ1) is 12.7. The molecular weight excluding hydrogens is 359 g/mol. The van der Waals surface area contributed by atoms with E-state index >= 15 is 0 Å². The van der Waals surface area contributed by atoms with Crippen molar-refractivity contribution < 1.29 is 13.2 Å². The molecule has 2 atom stereocenters. The van der Waals surface area contributed by atoms with Crippen molar-refractivity contribution in [2.45, 2.75) is 43.9 Å². The van der Waals surface area contributed by atoms with Crippen molar-refractivity contribution in [2.24, 2.45) is 0 Å². The van der Waals surface area contributed by atoms with Gasteiger partial charge in [0.15, 0.2) is 0 Å². The van der Waals surface area contributed by atoms with Gasteiger partial charge in [0.1, 0.15) is 11.4 Å². The van der Waals surface area contributed by atoms with Gasteiger partial charge in [0.05, 0.1) is 5.56 Å². The summed E-state index contributed by atoms with van der Waals surface area (Å²) < 4.78 is 38.0. The molecule has 0 radical (unpaired) electrons. The number of halogens is 3. The third-order valence-corrected chi connectivity index (χ3v) is 5.11. The van der Waals surface area contributed by atoms with Gasteiger partial charge in [-0.05, 0) is 51.2 Å². The molecule has 0 saturated heterocycles. The molecule has 1 aliphatic rings. The van der Waals surface area contributed by atoms with Crippen LogP contribution in [0.3, 0.4) is 0 Å². The number of anilines is 3. The average Bonchev–Trinajstić information content (AvgIpc) is 2.64. The molecule has 1 saturated carbocycles. The van der Waals surface area contributed by atoms with Crippen molar-refractivity contribution in [2.75, 3.05) is 24.7 Å². The molecule has 2 aromatic rings. The van der Waals surface area contributed by atoms with Crippen LogP contribution >= 0.6 is 0 Å². The Balaban J connectivity index is 1.77. The fourth-order valence-electron chi connectivity index (χ4n) is 3.62. The lowest BCUT2D eigenvalue weighted by atomic mass is 9.89. The zero-order chi connectivity index (χ0) is 19.8. The Hall–Kier alpha value is -2.35. The molecule has 5 nitrogen and oxygen atoms in total. The van der Waals surface area contributed by atoms with E-state index in [9.17, 15) is 22.8 Å². The minimum atomic E-state index is -4.42. The smallest absolute Gasteiger partial charge is 0.376 e. The highest BCUT2D eigenvalue weighted by atomic mass is 19.4. The molecule has 27 heavy (non-hydrogen) atoms. The van der Waals surface area contributed by atoms with Crippen molar-refractivity contribution in [3.63, 3.8) is 0 Å². The molecule has 0 heterocycles. The van der Waals surface area contributed by atoms with Gasteiger partial charge in [-0.1, -0.05) is 12.8 Å². The summed E-state index contributed by atoms with van der Waals surface area (Å²) in [6, 6.07) is 4.65. The number of hydrogen-bond donors (Lipinski definition) is 2. The first-order valence-electron chi connectivity index (χ1n) is 8.89. The standard InChI is InChI=1S/C19H22F3N3O2/c1-25(2)14-6-4-3-5-13(14)24-16-15(17(26)18(16)27)23-12-9-7-11(8-10-12)19(20,21)22/h7-10,13-14,23-24H,3-6H2,1-2H3. The lowest BCUT2D eigenvalue weighted by molar-refractivity contribution is -0.137. The first-order valence-corrected chi connectivity index (χ1v) is 8.89. The third kappa shape index (κ3) is 4.00. The summed E-state index contributed by atoms with van der Waals surface area (Å²) in [5, 5.41) is 5.98. The van der Waals surface area contributed by atoms with Crippen molar-refractivity contribution in [3.05, 3.63) is 50.3 Å². The summed E-state index contributed by atoms with van der Waals surface area (Å²) in [6.45, 7) is 0. The lowest BCUT2D eigenvalue weighted by Crippen LogP contribution is -2.48. The number of nitrogens with zero attached hydrogens (tertiary/aromatic N) is 1. The van der Waals surface area contributed by atoms with E-state index in [4.69, 9.17) is 0 Å². The van der Waals surface area contributed by atoms with Crippen molar-refractivity contribution >= 4 is 17.1 Å². The van der Waals surface area contributed by atoms with Gasteiger partial charge in [0, 0.05) is 17.8 Å². The van der Waals surface area contributed by atoms with Gasteiger partial charge in [-0.25, -0.2) is 0 Å². The maximum absolute atomic E-state index is 12.7. The van der Waals surface area contributed by atoms with Crippen LogP contribution in [-0.2, 0) is 6.18 Å². The second-order valence-corrected chi connectivity index (χ2v) is 7.17. The summed E-state index contributed by atoms with van der Waals surface area (Å²) in [4.78, 5) is 26.1. The zero-order valence-corrected chi connectivity index (χ0v) is 15.2. The highest BCUT2D eigenvalue weighted by Crippen LogP contribution is 2.31. The SMILES string of the molecule is CN(C)C1CCCCC1Nc1c(Nc2ccc(C(F)(F)F)cc2)c(=O)c1=O. The van der Waals surface area contributed by atoms with Gasteiger partial charge >= 0.3 is 6.18 Å². The monoisotopic (exact) mass is 381 g/mol. The largest absolute Gasteiger partial charge is 0.416 e. The van der Waals surface area contributed by atoms with Gasteiger partial charge in [0.25, 0.3) is 10.9 Å². The molecule has 0 aliphatic heterocycles. The van der Waals surface area contributed by atoms with Crippen molar-refractivity contribution in [1.29, 1.82) is 0 Å². The molecule has 0 amide bonds. The Kier molecular flexibility index (Phi) is 5.28. The fraction of sp³-hybridized carbons (Fsp3) is 0.474. The number of nitrogens with one attached hydrogen (secondary N) is 2. The van der Waals surface area contributed by atoms with Crippen LogP contribution in [0.4, 0.5) is 30.2 Å². The summed E-state index contributed by atoms with van der Waals surface area (Å²) >= 11 is 0. The summed E-state index contributed by atoms with van der Waals surface area (Å²) in [5.41, 5.74) is -1.36. The highest BCUT2D eigenvalue weighted by Gasteiger charge is 2.32. The predicted molar refractivity (Wildman–Crippen MR) is 99.4 cm³/mol. The quantitative estimate of drug-likeness (QED) is 0.778. The van der Waals surface area contributed by atoms with E-state index in [1.165, 1.54) is 12.1 Å². The number of rotatable bonds is 5. The van der Waals surface area contributed by atoms with Crippen LogP contribution in [0.5, 0.6) is 0 Å². The molecule has 2 N–H and O–H groups in total. The van der Waals surface area contributed by atoms with E-state index in [1.54, 1.807) is 0 Å². The Morgan fingerprint density at radius 2 is 1.56 bits per heavy atom. The third-order valence-electron chi connectivity index (χ3n) is 5.11. The number of likely N-dealkylation sites (N-methyl/N-ethyl adjacent to an activating group) is 1. The zero-order valence-electron chi connectivity index (χ0n) is 15.2. The highest BCUT2D eigenvalue weighted by molar-refractivity contribution is 5.79. The first kappa shape index (κ1) is 19.4. The van der Waals surface area contributed by atoms with Gasteiger partial charge in [-0.15, -0.1) is 0 Å². The molecule has 0 spiro atoms. The Labute approximate surface area is 154 Å². The Morgan fingerprint density at radius 3 is 2.15 bits per heavy atom. The fourth-order valence-corrected chi connectivity index (χ4v) is 3.62. The van der Waals surface area contributed by atoms with E-state index in [-0.39, 0.29) is 23.5 Å². The summed E-state index contributed by atoms with van der Waals surface area (Å²) in [5.74, 6) is 0. The van der Waals surface area contributed by atoms with Crippen LogP contribution < -0.4 is 21.5 Å². The van der Waals surface area contributed by atoms with Crippen molar-refractivity contribution in [1.82, 2.24) is 4.90 Å². The van der Waals surface area contributed by atoms with Crippen LogP contribution in [0.1, 0.15) is 31.2 Å². The molecule has 0 aromatic heterocycles. The van der Waals surface area contributed by atoms with E-state index in [1.807, 2.05) is 14.1 Å². The molecule has 146 valence electrons. The van der Waals surface area contributed by atoms with Gasteiger partial charge in [-0.2, -0.15) is 13.2 Å². The molecule has 2 unspecified atom stereocenters. The van der Waals surface area contributed by atoms with Gasteiger partial charge < -0.3 is 15.5 Å². The van der Waals surface area contributed by atoms with E-state index in [2.05, 4.69) is 15.5 Å². The Morgan fingerprint density at radius 1 is 0.963 bits per heavy atom. The van der Waals surface area contributed by atoms with Gasteiger partial charge in [-0.3, -0.25) is 9.59 Å². The summed E-state index contributed by atoms with van der Waals surface area (Å²) in [7, 11) is 3.96. The second-order valence-electron chi connectivity index (χ2n) is 7.17. The van der Waals surface area contributed by atoms with Crippen LogP contribution in [0.2, 0.25) is 0 Å². The van der Waals surface area contributed by atoms with Crippen molar-refractivity contribution in [3.8, 4) is 0 Å². The molecule has 1 fully saturated rings. The Bertz CT molecular complexity index is 868. The maximum atomic E-state index is 12.7. The second kappa shape index (κ2) is 7.34. The number of hydrogen-bond acceptors (Lipinski definition) is 5. The number of alkyl halides is 3. The van der Waals surface area contributed by atoms with Crippen LogP contribution in [0.15, 0.2) is 33.9 Å². The van der Waals surface area contributed by atoms with Crippen LogP contribution in [0.25, 0.3) is 0 Å². The number of benzene rings is 1. The normalized spacial score (nSPS) is 20.8. The predicted octanol–water partition coefficient (Wildman–Crippen LogP) is 3.33. The van der Waals surface area contributed by atoms with Crippen LogP contribution in [0, 0.1) is 0 Å². The summed E-state index contributed by atoms with van der Waals surface area (Å²) in [6.07, 6.45) is -0.374. The molecule has 1 aliphatic carbocycles. The molecular formula is C19H22F3N3O2. The molecule has 0 bridgehead atoms. The van der Waals surface area contributed by atoms with Crippen LogP contribution in [-0.4, -0.2) is 31.1 Å². The van der Waals surface area contributed by atoms with E-state index in [0.717, 1.165) is 37.8 Å². The minimum absolute atomic E-state index is 0.0465. The topological polar surface area (TPSA) is 61.4 Å². The molecule has 3 rings (SSSR count). The van der Waals surface area contributed by atoms with Gasteiger partial charge in [0.2, 0.25) is 0 Å². The molecule has 2 aromatic carbocycles.